The van der Waals surface area contributed by atoms with E-state index in [1.807, 2.05) is 5.43 Å². The fraction of sp³-hybridized carbons (Fsp3) is 0. The number of allylic oxidation sites excluding steroid dienone is 1. The molecule has 0 spiro atoms. The van der Waals surface area contributed by atoms with E-state index in [0.717, 1.165) is 6.07 Å². The van der Waals surface area contributed by atoms with Crippen LogP contribution in [0.25, 0.3) is 0 Å². The summed E-state index contributed by atoms with van der Waals surface area (Å²) in [6.07, 6.45) is 0.629. The van der Waals surface area contributed by atoms with Gasteiger partial charge in [0.05, 0.1) is 10.6 Å². The van der Waals surface area contributed by atoms with Crippen molar-refractivity contribution in [1.29, 1.82) is 0 Å². The molecule has 23 heavy (non-hydrogen) atoms. The Balaban J connectivity index is 2.53. The summed E-state index contributed by atoms with van der Waals surface area (Å²) in [6, 6.07) is 2.05. The van der Waals surface area contributed by atoms with E-state index in [4.69, 9.17) is 9.11 Å². The van der Waals surface area contributed by atoms with E-state index in [1.165, 1.54) is 0 Å². The molecular formula is C9H8F2N4O6S2. The molecule has 0 atom stereocenters. The van der Waals surface area contributed by atoms with Gasteiger partial charge in [0.1, 0.15) is 10.7 Å². The van der Waals surface area contributed by atoms with Crippen molar-refractivity contribution >= 4 is 31.9 Å². The van der Waals surface area contributed by atoms with Crippen molar-refractivity contribution in [2.45, 2.75) is 9.79 Å². The van der Waals surface area contributed by atoms with Gasteiger partial charge in [0.2, 0.25) is 5.97 Å². The van der Waals surface area contributed by atoms with Crippen molar-refractivity contribution in [1.82, 2.24) is 10.8 Å². The smallest absolute Gasteiger partial charge is 0.296 e. The van der Waals surface area contributed by atoms with Crippen LogP contribution in [0, 0.1) is 0 Å². The number of nitrogens with zero attached hydrogens (tertiary/aromatic N) is 2. The van der Waals surface area contributed by atoms with Gasteiger partial charge in [-0.2, -0.15) is 21.2 Å². The van der Waals surface area contributed by atoms with Crippen LogP contribution in [0.2, 0.25) is 0 Å². The molecule has 1 aromatic rings. The highest BCUT2D eigenvalue weighted by atomic mass is 32.2. The van der Waals surface area contributed by atoms with Gasteiger partial charge in [0.15, 0.2) is 0 Å². The highest BCUT2D eigenvalue weighted by molar-refractivity contribution is 7.86. The summed E-state index contributed by atoms with van der Waals surface area (Å²) in [7, 11) is -9.49. The molecule has 0 aromatic heterocycles. The number of nitrogens with one attached hydrogen (secondary N) is 2. The largest absolute Gasteiger partial charge is 0.339 e. The molecule has 1 aliphatic heterocycles. The topological polar surface area (TPSA) is 148 Å². The molecule has 2 rings (SSSR count). The summed E-state index contributed by atoms with van der Waals surface area (Å²) in [4.78, 5) is -1.50. The van der Waals surface area contributed by atoms with E-state index >= 15 is 0 Å². The van der Waals surface area contributed by atoms with Crippen LogP contribution in [0.1, 0.15) is 0 Å². The van der Waals surface area contributed by atoms with Gasteiger partial charge in [-0.15, -0.1) is 0 Å². The zero-order valence-electron chi connectivity index (χ0n) is 10.8. The first-order valence-corrected chi connectivity index (χ1v) is 8.39. The Morgan fingerprint density at radius 1 is 1.17 bits per heavy atom. The van der Waals surface area contributed by atoms with Gasteiger partial charge < -0.3 is 5.32 Å². The third kappa shape index (κ3) is 4.13. The lowest BCUT2D eigenvalue weighted by molar-refractivity contribution is -0.0198. The Bertz CT molecular complexity index is 912. The van der Waals surface area contributed by atoms with Gasteiger partial charge >= 0.3 is 0 Å². The SMILES string of the molecule is O=S(=O)(O)c1ccc(S(=O)(=O)O)c(NC2=CC(F)=NN(F)N2)c1. The fourth-order valence-corrected chi connectivity index (χ4v) is 2.72. The van der Waals surface area contributed by atoms with Gasteiger partial charge in [-0.3, -0.25) is 9.11 Å². The van der Waals surface area contributed by atoms with Crippen LogP contribution in [0.5, 0.6) is 0 Å². The molecule has 0 radical (unpaired) electrons. The lowest BCUT2D eigenvalue weighted by Gasteiger charge is -2.19. The first-order valence-electron chi connectivity index (χ1n) is 5.51. The Morgan fingerprint density at radius 3 is 2.35 bits per heavy atom. The first-order chi connectivity index (χ1) is 10.5. The summed E-state index contributed by atoms with van der Waals surface area (Å²) in [5, 5.41) is 4.32. The standard InChI is InChI=1S/C9H8F2N4O6S2/c10-8-4-9(14-15(11)13-8)12-6-3-5(22(16,17)18)1-2-7(6)23(19,20)21/h1-4,12,14H,(H,16,17,18)(H,19,20,21). The molecule has 0 fully saturated rings. The molecule has 0 bridgehead atoms. The van der Waals surface area contributed by atoms with Crippen LogP contribution in [0.4, 0.5) is 14.6 Å². The number of hydrogen-bond donors (Lipinski definition) is 4. The van der Waals surface area contributed by atoms with Gasteiger partial charge in [-0.1, -0.05) is 9.58 Å². The average molecular weight is 370 g/mol. The normalized spacial score (nSPS) is 15.6. The van der Waals surface area contributed by atoms with Crippen LogP contribution in [0.3, 0.4) is 0 Å². The van der Waals surface area contributed by atoms with Crippen LogP contribution in [0.15, 0.2) is 45.0 Å². The maximum absolute atomic E-state index is 13.0. The summed E-state index contributed by atoms with van der Waals surface area (Å²) < 4.78 is 88.6. The van der Waals surface area contributed by atoms with Crippen LogP contribution in [-0.2, 0) is 20.2 Å². The Hall–Kier alpha value is -2.29. The van der Waals surface area contributed by atoms with Crippen molar-refractivity contribution in [2.75, 3.05) is 5.32 Å². The number of halogens is 2. The minimum absolute atomic E-state index is 0.461. The number of hydrogen-bond acceptors (Lipinski definition) is 8. The zero-order valence-corrected chi connectivity index (χ0v) is 12.4. The zero-order chi connectivity index (χ0) is 17.4. The maximum atomic E-state index is 13.0. The molecule has 1 aromatic carbocycles. The number of rotatable bonds is 4. The number of hydrazine groups is 1. The van der Waals surface area contributed by atoms with Crippen LogP contribution in [-0.4, -0.2) is 37.2 Å². The quantitative estimate of drug-likeness (QED) is 0.437. The molecule has 1 aliphatic rings. The molecule has 4 N–H and O–H groups in total. The summed E-state index contributed by atoms with van der Waals surface area (Å²) in [5.41, 5.74) is 1.27. The third-order valence-corrected chi connectivity index (χ3v) is 4.22. The molecule has 0 unspecified atom stereocenters. The number of benzene rings is 1. The second-order valence-electron chi connectivity index (χ2n) is 4.09. The van der Waals surface area contributed by atoms with Crippen molar-refractivity contribution < 1.29 is 34.8 Å². The van der Waals surface area contributed by atoms with Crippen LogP contribution < -0.4 is 10.7 Å². The number of anilines is 1. The minimum atomic E-state index is -4.80. The van der Waals surface area contributed by atoms with E-state index in [1.54, 1.807) is 0 Å². The molecule has 126 valence electrons. The Morgan fingerprint density at radius 2 is 1.83 bits per heavy atom. The first kappa shape index (κ1) is 17.1. The molecule has 10 nitrogen and oxygen atoms in total. The van der Waals surface area contributed by atoms with Gasteiger partial charge in [-0.25, -0.2) is 5.43 Å². The second kappa shape index (κ2) is 5.73. The lowest BCUT2D eigenvalue weighted by atomic mass is 10.3. The van der Waals surface area contributed by atoms with E-state index in [2.05, 4.69) is 10.4 Å². The molecule has 1 heterocycles. The predicted molar refractivity (Wildman–Crippen MR) is 72.4 cm³/mol. The minimum Gasteiger partial charge on any atom is -0.339 e. The summed E-state index contributed by atoms with van der Waals surface area (Å²) in [6.45, 7) is 0. The highest BCUT2D eigenvalue weighted by Gasteiger charge is 2.21. The van der Waals surface area contributed by atoms with Crippen molar-refractivity contribution in [3.05, 3.63) is 30.1 Å². The molecular weight excluding hydrogens is 362 g/mol. The third-order valence-electron chi connectivity index (χ3n) is 2.46. The van der Waals surface area contributed by atoms with Gasteiger partial charge in [0.25, 0.3) is 20.2 Å². The molecule has 0 saturated heterocycles. The summed E-state index contributed by atoms with van der Waals surface area (Å²) >= 11 is 0. The fourth-order valence-electron chi connectivity index (χ4n) is 1.59. The summed E-state index contributed by atoms with van der Waals surface area (Å²) in [5.74, 6) is -1.74. The van der Waals surface area contributed by atoms with E-state index in [-0.39, 0.29) is 0 Å². The van der Waals surface area contributed by atoms with Crippen LogP contribution >= 0.6 is 0 Å². The average Bonchev–Trinajstić information content (AvgIpc) is 2.34. The lowest BCUT2D eigenvalue weighted by Crippen LogP contribution is -2.33. The molecule has 0 amide bonds. The van der Waals surface area contributed by atoms with Crippen molar-refractivity contribution in [2.24, 2.45) is 5.10 Å². The highest BCUT2D eigenvalue weighted by Crippen LogP contribution is 2.26. The Kier molecular flexibility index (Phi) is 4.25. The van der Waals surface area contributed by atoms with Gasteiger partial charge in [-0.05, 0) is 23.5 Å². The van der Waals surface area contributed by atoms with E-state index in [0.29, 0.717) is 18.2 Å². The van der Waals surface area contributed by atoms with Gasteiger partial charge in [0, 0.05) is 6.08 Å². The second-order valence-corrected chi connectivity index (χ2v) is 6.90. The maximum Gasteiger partial charge on any atom is 0.296 e. The van der Waals surface area contributed by atoms with Crippen molar-refractivity contribution in [3.63, 3.8) is 0 Å². The monoisotopic (exact) mass is 370 g/mol. The predicted octanol–water partition coefficient (Wildman–Crippen LogP) is 0.421. The Labute approximate surface area is 128 Å². The van der Waals surface area contributed by atoms with E-state index in [9.17, 15) is 25.7 Å². The van der Waals surface area contributed by atoms with E-state index < -0.39 is 52.8 Å². The molecule has 14 heteroatoms. The number of hydrazone groups is 1. The molecule has 0 saturated carbocycles. The molecule has 0 aliphatic carbocycles. The van der Waals surface area contributed by atoms with Crippen molar-refractivity contribution in [3.8, 4) is 0 Å².